The quantitative estimate of drug-likeness (QED) is 0.864. The molecule has 1 aliphatic rings. The first-order valence-corrected chi connectivity index (χ1v) is 8.61. The number of nitrogens with one attached hydrogen (secondary N) is 2. The molecule has 2 N–H and O–H groups in total. The van der Waals surface area contributed by atoms with Crippen LogP contribution in [0.1, 0.15) is 46.5 Å². The molecule has 1 atom stereocenters. The standard InChI is InChI=1S/C20H23N3O3/c1-20(2)10-16(20)22-17(24)14-9-15(18(25)21-11-14)19(26)23(3)12-13-7-5-4-6-8-13/h4-9,11,16H,10,12H2,1-3H3,(H,21,25)(H,22,24). The summed E-state index contributed by atoms with van der Waals surface area (Å²) >= 11 is 0. The van der Waals surface area contributed by atoms with Crippen LogP contribution in [-0.4, -0.2) is 34.8 Å². The van der Waals surface area contributed by atoms with Gasteiger partial charge in [0.1, 0.15) is 5.56 Å². The van der Waals surface area contributed by atoms with Gasteiger partial charge in [0, 0.05) is 25.8 Å². The SMILES string of the molecule is CN(Cc1ccccc1)C(=O)c1cc(C(=O)NC2CC2(C)C)c[nH]c1=O. The molecule has 3 rings (SSSR count). The number of hydrogen-bond acceptors (Lipinski definition) is 3. The first-order valence-electron chi connectivity index (χ1n) is 8.61. The van der Waals surface area contributed by atoms with Gasteiger partial charge in [0.05, 0.1) is 5.56 Å². The van der Waals surface area contributed by atoms with E-state index in [0.717, 1.165) is 12.0 Å². The lowest BCUT2D eigenvalue weighted by atomic mass is 10.1. The van der Waals surface area contributed by atoms with Crippen LogP contribution in [0.15, 0.2) is 47.4 Å². The second kappa shape index (κ2) is 6.78. The van der Waals surface area contributed by atoms with Gasteiger partial charge in [0.25, 0.3) is 17.4 Å². The van der Waals surface area contributed by atoms with Gasteiger partial charge in [-0.25, -0.2) is 0 Å². The number of amides is 2. The molecule has 26 heavy (non-hydrogen) atoms. The second-order valence-electron chi connectivity index (χ2n) is 7.50. The van der Waals surface area contributed by atoms with Crippen LogP contribution >= 0.6 is 0 Å². The number of rotatable bonds is 5. The summed E-state index contributed by atoms with van der Waals surface area (Å²) in [6.07, 6.45) is 2.27. The molecule has 0 spiro atoms. The van der Waals surface area contributed by atoms with Crippen molar-refractivity contribution in [1.82, 2.24) is 15.2 Å². The highest BCUT2D eigenvalue weighted by Gasteiger charge is 2.46. The van der Waals surface area contributed by atoms with Crippen molar-refractivity contribution < 1.29 is 9.59 Å². The Morgan fingerprint density at radius 1 is 1.27 bits per heavy atom. The molecule has 2 aromatic rings. The monoisotopic (exact) mass is 353 g/mol. The van der Waals surface area contributed by atoms with Gasteiger partial charge in [-0.1, -0.05) is 44.2 Å². The van der Waals surface area contributed by atoms with Crippen molar-refractivity contribution in [1.29, 1.82) is 0 Å². The van der Waals surface area contributed by atoms with Crippen LogP contribution in [0, 0.1) is 5.41 Å². The largest absolute Gasteiger partial charge is 0.349 e. The summed E-state index contributed by atoms with van der Waals surface area (Å²) in [5.41, 5.74) is 0.810. The lowest BCUT2D eigenvalue weighted by Crippen LogP contribution is -2.33. The van der Waals surface area contributed by atoms with E-state index >= 15 is 0 Å². The van der Waals surface area contributed by atoms with Crippen molar-refractivity contribution in [2.24, 2.45) is 5.41 Å². The molecule has 6 heteroatoms. The van der Waals surface area contributed by atoms with Crippen LogP contribution in [0.4, 0.5) is 0 Å². The Kier molecular flexibility index (Phi) is 4.68. The second-order valence-corrected chi connectivity index (χ2v) is 7.50. The van der Waals surface area contributed by atoms with Gasteiger partial charge in [0.2, 0.25) is 0 Å². The summed E-state index contributed by atoms with van der Waals surface area (Å²) in [5, 5.41) is 2.93. The van der Waals surface area contributed by atoms with Gasteiger partial charge >= 0.3 is 0 Å². The molecule has 136 valence electrons. The third-order valence-corrected chi connectivity index (χ3v) is 4.82. The van der Waals surface area contributed by atoms with Crippen LogP contribution in [0.2, 0.25) is 0 Å². The Morgan fingerprint density at radius 3 is 2.54 bits per heavy atom. The zero-order chi connectivity index (χ0) is 18.9. The number of benzene rings is 1. The number of pyridine rings is 1. The lowest BCUT2D eigenvalue weighted by Gasteiger charge is -2.17. The Bertz CT molecular complexity index is 887. The highest BCUT2D eigenvalue weighted by molar-refractivity contribution is 5.99. The molecule has 1 aromatic heterocycles. The van der Waals surface area contributed by atoms with E-state index in [-0.39, 0.29) is 28.5 Å². The summed E-state index contributed by atoms with van der Waals surface area (Å²) in [4.78, 5) is 41.1. The molecule has 1 saturated carbocycles. The molecular formula is C20H23N3O3. The van der Waals surface area contributed by atoms with Crippen molar-refractivity contribution in [3.8, 4) is 0 Å². The smallest absolute Gasteiger partial charge is 0.260 e. The number of carbonyl (C=O) groups excluding carboxylic acids is 2. The van der Waals surface area contributed by atoms with Crippen molar-refractivity contribution in [3.05, 3.63) is 69.6 Å². The van der Waals surface area contributed by atoms with Crippen molar-refractivity contribution in [3.63, 3.8) is 0 Å². The molecule has 0 saturated heterocycles. The molecular weight excluding hydrogens is 330 g/mol. The maximum Gasteiger partial charge on any atom is 0.260 e. The highest BCUT2D eigenvalue weighted by Crippen LogP contribution is 2.44. The molecule has 0 radical (unpaired) electrons. The maximum absolute atomic E-state index is 12.7. The first kappa shape index (κ1) is 17.9. The zero-order valence-electron chi connectivity index (χ0n) is 15.2. The summed E-state index contributed by atoms with van der Waals surface area (Å²) in [7, 11) is 1.63. The fourth-order valence-electron chi connectivity index (χ4n) is 2.86. The van der Waals surface area contributed by atoms with Gasteiger partial charge in [-0.3, -0.25) is 14.4 Å². The van der Waals surface area contributed by atoms with Gasteiger partial charge in [-0.15, -0.1) is 0 Å². The molecule has 0 aliphatic heterocycles. The third kappa shape index (κ3) is 3.85. The molecule has 1 unspecified atom stereocenters. The van der Waals surface area contributed by atoms with Gasteiger partial charge in [-0.05, 0) is 23.5 Å². The van der Waals surface area contributed by atoms with Gasteiger partial charge < -0.3 is 15.2 Å². The van der Waals surface area contributed by atoms with E-state index in [1.165, 1.54) is 17.2 Å². The van der Waals surface area contributed by atoms with E-state index in [0.29, 0.717) is 6.54 Å². The van der Waals surface area contributed by atoms with E-state index in [9.17, 15) is 14.4 Å². The summed E-state index contributed by atoms with van der Waals surface area (Å²) in [6, 6.07) is 11.0. The predicted octanol–water partition coefficient (Wildman–Crippen LogP) is 2.18. The number of carbonyl (C=O) groups is 2. The van der Waals surface area contributed by atoms with Crippen LogP contribution in [0.25, 0.3) is 0 Å². The summed E-state index contributed by atoms with van der Waals surface area (Å²) in [6.45, 7) is 4.54. The van der Waals surface area contributed by atoms with Crippen LogP contribution in [0.3, 0.4) is 0 Å². The average molecular weight is 353 g/mol. The summed E-state index contributed by atoms with van der Waals surface area (Å²) < 4.78 is 0. The van der Waals surface area contributed by atoms with E-state index in [1.807, 2.05) is 30.3 Å². The summed E-state index contributed by atoms with van der Waals surface area (Å²) in [5.74, 6) is -0.701. The van der Waals surface area contributed by atoms with Crippen LogP contribution < -0.4 is 10.9 Å². The zero-order valence-corrected chi connectivity index (χ0v) is 15.2. The Hall–Kier alpha value is -2.89. The Morgan fingerprint density at radius 2 is 1.92 bits per heavy atom. The molecule has 0 bridgehead atoms. The Balaban J connectivity index is 1.75. The normalized spacial score (nSPS) is 17.4. The van der Waals surface area contributed by atoms with Gasteiger partial charge in [-0.2, -0.15) is 0 Å². The lowest BCUT2D eigenvalue weighted by molar-refractivity contribution is 0.0783. The highest BCUT2D eigenvalue weighted by atomic mass is 16.2. The Labute approximate surface area is 152 Å². The minimum Gasteiger partial charge on any atom is -0.349 e. The number of aromatic nitrogens is 1. The molecule has 1 aliphatic carbocycles. The average Bonchev–Trinajstić information content (AvgIpc) is 3.21. The third-order valence-electron chi connectivity index (χ3n) is 4.82. The number of nitrogens with zero attached hydrogens (tertiary/aromatic N) is 1. The molecule has 2 amide bonds. The van der Waals surface area contributed by atoms with Crippen molar-refractivity contribution in [2.45, 2.75) is 32.9 Å². The predicted molar refractivity (Wildman–Crippen MR) is 99.0 cm³/mol. The fraction of sp³-hybridized carbons (Fsp3) is 0.350. The van der Waals surface area contributed by atoms with Gasteiger partial charge in [0.15, 0.2) is 0 Å². The number of hydrogen-bond donors (Lipinski definition) is 2. The topological polar surface area (TPSA) is 82.3 Å². The van der Waals surface area contributed by atoms with E-state index in [1.54, 1.807) is 7.05 Å². The van der Waals surface area contributed by atoms with Crippen molar-refractivity contribution in [2.75, 3.05) is 7.05 Å². The van der Waals surface area contributed by atoms with Crippen LogP contribution in [-0.2, 0) is 6.54 Å². The molecule has 1 heterocycles. The maximum atomic E-state index is 12.7. The van der Waals surface area contributed by atoms with E-state index < -0.39 is 11.5 Å². The number of aromatic amines is 1. The fourth-order valence-corrected chi connectivity index (χ4v) is 2.86. The molecule has 6 nitrogen and oxygen atoms in total. The minimum atomic E-state index is -0.502. The van der Waals surface area contributed by atoms with E-state index in [4.69, 9.17) is 0 Å². The van der Waals surface area contributed by atoms with Crippen LogP contribution in [0.5, 0.6) is 0 Å². The number of H-pyrrole nitrogens is 1. The first-order chi connectivity index (χ1) is 12.3. The molecule has 1 fully saturated rings. The van der Waals surface area contributed by atoms with E-state index in [2.05, 4.69) is 24.1 Å². The molecule has 1 aromatic carbocycles. The minimum absolute atomic E-state index is 0.0360. The van der Waals surface area contributed by atoms with Crippen molar-refractivity contribution >= 4 is 11.8 Å².